The normalized spacial score (nSPS) is 20.4. The molecule has 2 fully saturated rings. The first kappa shape index (κ1) is 26.6. The van der Waals surface area contributed by atoms with E-state index in [4.69, 9.17) is 19.0 Å². The summed E-state index contributed by atoms with van der Waals surface area (Å²) in [6.07, 6.45) is -0.203. The third kappa shape index (κ3) is 5.54. The number of amides is 1. The summed E-state index contributed by atoms with van der Waals surface area (Å²) in [5.74, 6) is -0.289. The van der Waals surface area contributed by atoms with Crippen molar-refractivity contribution in [3.63, 3.8) is 0 Å². The van der Waals surface area contributed by atoms with E-state index in [1.165, 1.54) is 28.6 Å². The Labute approximate surface area is 217 Å². The van der Waals surface area contributed by atoms with Gasteiger partial charge < -0.3 is 14.2 Å². The zero-order valence-corrected chi connectivity index (χ0v) is 21.1. The second-order valence-electron chi connectivity index (χ2n) is 9.40. The minimum absolute atomic E-state index is 0.0209. The zero-order valence-electron chi connectivity index (χ0n) is 20.3. The van der Waals surface area contributed by atoms with Gasteiger partial charge in [0.1, 0.15) is 17.4 Å². The molecule has 5 rings (SSSR count). The summed E-state index contributed by atoms with van der Waals surface area (Å²) in [6, 6.07) is 6.94. The first-order chi connectivity index (χ1) is 18.1. The van der Waals surface area contributed by atoms with E-state index in [9.17, 15) is 26.4 Å². The van der Waals surface area contributed by atoms with Gasteiger partial charge in [-0.15, -0.1) is 0 Å². The maximum atomic E-state index is 13.6. The highest BCUT2D eigenvalue weighted by molar-refractivity contribution is 7.89. The number of halogens is 3. The van der Waals surface area contributed by atoms with Crippen molar-refractivity contribution in [3.05, 3.63) is 47.5 Å². The molecule has 13 heteroatoms. The lowest BCUT2D eigenvalue weighted by atomic mass is 9.98. The highest BCUT2D eigenvalue weighted by Gasteiger charge is 2.39. The SMILES string of the molecule is O=C(NOC1CCCCC1)c1c(S(=O)(=O)N2CCC(Oc3ccc(C(F)(F)F)cc3)C2)ccc2c1OCO2. The Balaban J connectivity index is 1.32. The van der Waals surface area contributed by atoms with E-state index < -0.39 is 33.8 Å². The summed E-state index contributed by atoms with van der Waals surface area (Å²) < 4.78 is 83.5. The van der Waals surface area contributed by atoms with Gasteiger partial charge in [0.25, 0.3) is 5.91 Å². The van der Waals surface area contributed by atoms with Gasteiger partial charge in [0, 0.05) is 6.54 Å². The van der Waals surface area contributed by atoms with Crippen LogP contribution in [-0.4, -0.2) is 50.7 Å². The smallest absolute Gasteiger partial charge is 0.416 e. The van der Waals surface area contributed by atoms with E-state index in [0.717, 1.165) is 44.2 Å². The Bertz CT molecular complexity index is 1280. The predicted molar refractivity (Wildman–Crippen MR) is 127 cm³/mol. The summed E-state index contributed by atoms with van der Waals surface area (Å²) >= 11 is 0. The second kappa shape index (κ2) is 10.6. The first-order valence-electron chi connectivity index (χ1n) is 12.4. The van der Waals surface area contributed by atoms with E-state index in [1.54, 1.807) is 0 Å². The summed E-state index contributed by atoms with van der Waals surface area (Å²) in [5, 5.41) is 0. The van der Waals surface area contributed by atoms with Crippen LogP contribution in [-0.2, 0) is 21.0 Å². The number of hydroxylamine groups is 1. The number of rotatable bonds is 7. The zero-order chi connectivity index (χ0) is 26.9. The number of benzene rings is 2. The molecule has 206 valence electrons. The third-order valence-electron chi connectivity index (χ3n) is 6.81. The lowest BCUT2D eigenvalue weighted by Gasteiger charge is -2.23. The van der Waals surface area contributed by atoms with Gasteiger partial charge >= 0.3 is 6.18 Å². The van der Waals surface area contributed by atoms with Gasteiger partial charge in [-0.3, -0.25) is 9.63 Å². The van der Waals surface area contributed by atoms with Crippen molar-refractivity contribution in [2.24, 2.45) is 0 Å². The molecule has 2 aromatic carbocycles. The number of carbonyl (C=O) groups excluding carboxylic acids is 1. The number of hydrogen-bond donors (Lipinski definition) is 1. The molecule has 2 aliphatic heterocycles. The van der Waals surface area contributed by atoms with Crippen LogP contribution in [0, 0.1) is 0 Å². The van der Waals surface area contributed by atoms with Crippen LogP contribution in [0.4, 0.5) is 13.2 Å². The summed E-state index contributed by atoms with van der Waals surface area (Å²) in [6.45, 7) is -0.103. The first-order valence-corrected chi connectivity index (χ1v) is 13.8. The molecule has 3 aliphatic rings. The lowest BCUT2D eigenvalue weighted by molar-refractivity contribution is -0.137. The molecular weight excluding hydrogens is 529 g/mol. The lowest BCUT2D eigenvalue weighted by Crippen LogP contribution is -2.35. The molecule has 1 saturated heterocycles. The van der Waals surface area contributed by atoms with E-state index in [1.807, 2.05) is 0 Å². The molecule has 9 nitrogen and oxygen atoms in total. The topological polar surface area (TPSA) is 103 Å². The number of carbonyl (C=O) groups is 1. The van der Waals surface area contributed by atoms with Crippen LogP contribution in [0.3, 0.4) is 0 Å². The summed E-state index contributed by atoms with van der Waals surface area (Å²) in [7, 11) is -4.18. The molecular formula is C25H27F3N2O7S. The Hall–Kier alpha value is -3.03. The van der Waals surface area contributed by atoms with Crippen LogP contribution in [0.5, 0.6) is 17.2 Å². The van der Waals surface area contributed by atoms with E-state index in [-0.39, 0.29) is 53.7 Å². The largest absolute Gasteiger partial charge is 0.489 e. The molecule has 1 atom stereocenters. The number of fused-ring (bicyclic) bond motifs is 1. The standard InChI is InChI=1S/C25H27F3N2O7S/c26-25(27,28)16-6-8-17(9-7-16)36-19-12-13-30(14-19)38(32,33)21-11-10-20-23(35-15-34-20)22(21)24(31)29-37-18-4-2-1-3-5-18/h6-11,18-19H,1-5,12-15H2,(H,29,31). The third-order valence-corrected chi connectivity index (χ3v) is 8.72. The van der Waals surface area contributed by atoms with Gasteiger partial charge in [-0.25, -0.2) is 13.9 Å². The highest BCUT2D eigenvalue weighted by atomic mass is 32.2. The van der Waals surface area contributed by atoms with Crippen LogP contribution in [0.2, 0.25) is 0 Å². The van der Waals surface area contributed by atoms with Crippen LogP contribution in [0.1, 0.15) is 54.4 Å². The van der Waals surface area contributed by atoms with Crippen molar-refractivity contribution >= 4 is 15.9 Å². The number of hydrogen-bond acceptors (Lipinski definition) is 7. The molecule has 1 aliphatic carbocycles. The molecule has 1 N–H and O–H groups in total. The van der Waals surface area contributed by atoms with Crippen LogP contribution in [0.25, 0.3) is 0 Å². The Morgan fingerprint density at radius 2 is 1.71 bits per heavy atom. The number of nitrogens with one attached hydrogen (secondary N) is 1. The van der Waals surface area contributed by atoms with Crippen LogP contribution < -0.4 is 19.7 Å². The van der Waals surface area contributed by atoms with E-state index >= 15 is 0 Å². The fourth-order valence-electron chi connectivity index (χ4n) is 4.82. The van der Waals surface area contributed by atoms with Gasteiger partial charge in [-0.05, 0) is 55.7 Å². The molecule has 1 saturated carbocycles. The number of alkyl halides is 3. The molecule has 1 amide bonds. The molecule has 0 radical (unpaired) electrons. The van der Waals surface area contributed by atoms with E-state index in [0.29, 0.717) is 6.42 Å². The number of nitrogens with zero attached hydrogens (tertiary/aromatic N) is 1. The van der Waals surface area contributed by atoms with Crippen molar-refractivity contribution < 1.29 is 45.4 Å². The molecule has 0 bridgehead atoms. The predicted octanol–water partition coefficient (Wildman–Crippen LogP) is 4.27. The van der Waals surface area contributed by atoms with Crippen molar-refractivity contribution in [3.8, 4) is 17.2 Å². The Morgan fingerprint density at radius 1 is 0.974 bits per heavy atom. The van der Waals surface area contributed by atoms with Gasteiger partial charge in [-0.2, -0.15) is 17.5 Å². The summed E-state index contributed by atoms with van der Waals surface area (Å²) in [4.78, 5) is 18.5. The van der Waals surface area contributed by atoms with Gasteiger partial charge in [-0.1, -0.05) is 19.3 Å². The molecule has 2 aromatic rings. The monoisotopic (exact) mass is 556 g/mol. The van der Waals surface area contributed by atoms with Crippen molar-refractivity contribution in [1.82, 2.24) is 9.79 Å². The molecule has 1 unspecified atom stereocenters. The minimum Gasteiger partial charge on any atom is -0.489 e. The van der Waals surface area contributed by atoms with Crippen molar-refractivity contribution in [2.45, 2.75) is 61.8 Å². The Morgan fingerprint density at radius 3 is 2.42 bits per heavy atom. The van der Waals surface area contributed by atoms with Gasteiger partial charge in [0.05, 0.1) is 23.1 Å². The number of ether oxygens (including phenoxy) is 3. The quantitative estimate of drug-likeness (QED) is 0.508. The van der Waals surface area contributed by atoms with Gasteiger partial charge in [0.15, 0.2) is 11.5 Å². The highest BCUT2D eigenvalue weighted by Crippen LogP contribution is 2.40. The summed E-state index contributed by atoms with van der Waals surface area (Å²) in [5.41, 5.74) is 1.39. The van der Waals surface area contributed by atoms with Crippen LogP contribution in [0.15, 0.2) is 41.3 Å². The fraction of sp³-hybridized carbons (Fsp3) is 0.480. The second-order valence-corrected chi connectivity index (χ2v) is 11.3. The van der Waals surface area contributed by atoms with E-state index in [2.05, 4.69) is 5.48 Å². The molecule has 2 heterocycles. The Kier molecular flexibility index (Phi) is 7.43. The van der Waals surface area contributed by atoms with Crippen LogP contribution >= 0.6 is 0 Å². The molecule has 0 spiro atoms. The fourth-order valence-corrected chi connectivity index (χ4v) is 6.49. The molecule has 38 heavy (non-hydrogen) atoms. The van der Waals surface area contributed by atoms with Crippen molar-refractivity contribution in [2.75, 3.05) is 19.9 Å². The van der Waals surface area contributed by atoms with Gasteiger partial charge in [0.2, 0.25) is 16.8 Å². The van der Waals surface area contributed by atoms with Crippen molar-refractivity contribution in [1.29, 1.82) is 0 Å². The maximum Gasteiger partial charge on any atom is 0.416 e. The minimum atomic E-state index is -4.47. The maximum absolute atomic E-state index is 13.6. The average Bonchev–Trinajstić information content (AvgIpc) is 3.57. The average molecular weight is 557 g/mol. The number of sulfonamides is 1. The molecule has 0 aromatic heterocycles.